The molecule has 2 amide bonds. The Labute approximate surface area is 95.3 Å². The largest absolute Gasteiger partial charge is 0.372 e. The van der Waals surface area contributed by atoms with Gasteiger partial charge in [-0.05, 0) is 6.92 Å². The summed E-state index contributed by atoms with van der Waals surface area (Å²) in [4.78, 5) is 24.5. The Balaban J connectivity index is 2.15. The van der Waals surface area contributed by atoms with Crippen molar-refractivity contribution in [2.24, 2.45) is 0 Å². The molecule has 2 N–H and O–H groups in total. The van der Waals surface area contributed by atoms with Gasteiger partial charge >= 0.3 is 0 Å². The first-order valence-corrected chi connectivity index (χ1v) is 5.57. The molecular weight excluding hydrogens is 210 g/mol. The first-order chi connectivity index (χ1) is 7.74. The summed E-state index contributed by atoms with van der Waals surface area (Å²) in [6.45, 7) is 5.45. The average Bonchev–Trinajstić information content (AvgIpc) is 2.34. The fourth-order valence-corrected chi connectivity index (χ4v) is 1.45. The summed E-state index contributed by atoms with van der Waals surface area (Å²) in [5, 5.41) is 5.70. The average molecular weight is 229 g/mol. The smallest absolute Gasteiger partial charge is 0.246 e. The van der Waals surface area contributed by atoms with Gasteiger partial charge in [0.1, 0.15) is 6.61 Å². The number of rotatable bonds is 5. The van der Waals surface area contributed by atoms with Crippen LogP contribution in [-0.2, 0) is 14.3 Å². The van der Waals surface area contributed by atoms with Crippen molar-refractivity contribution in [3.8, 4) is 0 Å². The number of carbonyl (C=O) groups excluding carboxylic acids is 2. The third-order valence-electron chi connectivity index (χ3n) is 2.34. The lowest BCUT2D eigenvalue weighted by Gasteiger charge is -2.27. The molecule has 0 aromatic rings. The fourth-order valence-electron chi connectivity index (χ4n) is 1.45. The summed E-state index contributed by atoms with van der Waals surface area (Å²) in [6.07, 6.45) is 0. The zero-order valence-corrected chi connectivity index (χ0v) is 9.62. The number of carbonyl (C=O) groups is 2. The number of nitrogens with zero attached hydrogens (tertiary/aromatic N) is 1. The summed E-state index contributed by atoms with van der Waals surface area (Å²) in [5.41, 5.74) is 0. The second-order valence-electron chi connectivity index (χ2n) is 3.54. The number of piperazine rings is 1. The van der Waals surface area contributed by atoms with Gasteiger partial charge in [0.15, 0.2) is 0 Å². The molecule has 0 aromatic heterocycles. The summed E-state index contributed by atoms with van der Waals surface area (Å²) in [6, 6.07) is 0. The van der Waals surface area contributed by atoms with Crippen LogP contribution in [0.4, 0.5) is 0 Å². The molecule has 1 aliphatic rings. The van der Waals surface area contributed by atoms with Gasteiger partial charge in [0.05, 0.1) is 6.54 Å². The van der Waals surface area contributed by atoms with E-state index in [-0.39, 0.29) is 25.0 Å². The van der Waals surface area contributed by atoms with E-state index in [0.717, 1.165) is 13.1 Å². The highest BCUT2D eigenvalue weighted by Crippen LogP contribution is 1.92. The van der Waals surface area contributed by atoms with Gasteiger partial charge in [-0.25, -0.2) is 0 Å². The van der Waals surface area contributed by atoms with Gasteiger partial charge in [-0.2, -0.15) is 0 Å². The molecule has 1 saturated heterocycles. The Hall–Kier alpha value is -1.14. The molecule has 16 heavy (non-hydrogen) atoms. The lowest BCUT2D eigenvalue weighted by molar-refractivity contribution is -0.134. The van der Waals surface area contributed by atoms with Crippen LogP contribution in [0.25, 0.3) is 0 Å². The van der Waals surface area contributed by atoms with Crippen LogP contribution in [0.2, 0.25) is 0 Å². The molecule has 0 aliphatic carbocycles. The molecule has 1 aliphatic heterocycles. The normalized spacial score (nSPS) is 15.9. The van der Waals surface area contributed by atoms with Crippen molar-refractivity contribution < 1.29 is 14.3 Å². The van der Waals surface area contributed by atoms with Gasteiger partial charge in [0.25, 0.3) is 0 Å². The molecule has 1 fully saturated rings. The molecule has 1 rings (SSSR count). The van der Waals surface area contributed by atoms with Crippen LogP contribution in [0, 0.1) is 0 Å². The minimum absolute atomic E-state index is 0.0192. The van der Waals surface area contributed by atoms with Gasteiger partial charge in [-0.1, -0.05) is 0 Å². The third-order valence-corrected chi connectivity index (χ3v) is 2.34. The van der Waals surface area contributed by atoms with Crippen molar-refractivity contribution in [2.75, 3.05) is 45.9 Å². The maximum Gasteiger partial charge on any atom is 0.246 e. The number of amides is 2. The summed E-state index contributed by atoms with van der Waals surface area (Å²) < 4.78 is 4.93. The number of hydrogen-bond acceptors (Lipinski definition) is 4. The number of ether oxygens (including phenoxy) is 1. The van der Waals surface area contributed by atoms with Crippen molar-refractivity contribution in [1.29, 1.82) is 0 Å². The van der Waals surface area contributed by atoms with E-state index in [9.17, 15) is 9.59 Å². The summed E-state index contributed by atoms with van der Waals surface area (Å²) in [5.74, 6) is -0.281. The van der Waals surface area contributed by atoms with Gasteiger partial charge < -0.3 is 20.3 Å². The van der Waals surface area contributed by atoms with Crippen molar-refractivity contribution in [3.63, 3.8) is 0 Å². The van der Waals surface area contributed by atoms with Crippen LogP contribution in [-0.4, -0.2) is 62.7 Å². The van der Waals surface area contributed by atoms with E-state index in [0.29, 0.717) is 19.7 Å². The standard InChI is InChI=1S/C10H19N3O3/c1-2-16-8-9(14)12-7-10(15)13-5-3-11-4-6-13/h11H,2-8H2,1H3,(H,12,14). The van der Waals surface area contributed by atoms with E-state index in [1.54, 1.807) is 4.90 Å². The van der Waals surface area contributed by atoms with Gasteiger partial charge in [0.2, 0.25) is 11.8 Å². The number of hydrogen-bond donors (Lipinski definition) is 2. The Kier molecular flexibility index (Phi) is 5.81. The van der Waals surface area contributed by atoms with Gasteiger partial charge in [-0.3, -0.25) is 9.59 Å². The molecule has 0 saturated carbocycles. The molecular formula is C10H19N3O3. The first-order valence-electron chi connectivity index (χ1n) is 5.57. The molecule has 0 aromatic carbocycles. The van der Waals surface area contributed by atoms with E-state index < -0.39 is 0 Å². The van der Waals surface area contributed by atoms with E-state index in [2.05, 4.69) is 10.6 Å². The third kappa shape index (κ3) is 4.59. The molecule has 6 heteroatoms. The summed E-state index contributed by atoms with van der Waals surface area (Å²) >= 11 is 0. The molecule has 0 bridgehead atoms. The maximum atomic E-state index is 11.6. The van der Waals surface area contributed by atoms with E-state index in [1.165, 1.54) is 0 Å². The molecule has 0 atom stereocenters. The predicted octanol–water partition coefficient (Wildman–Crippen LogP) is -1.43. The highest BCUT2D eigenvalue weighted by atomic mass is 16.5. The molecule has 0 radical (unpaired) electrons. The van der Waals surface area contributed by atoms with E-state index in [1.807, 2.05) is 6.92 Å². The van der Waals surface area contributed by atoms with Crippen LogP contribution in [0.1, 0.15) is 6.92 Å². The minimum atomic E-state index is -0.245. The van der Waals surface area contributed by atoms with E-state index in [4.69, 9.17) is 4.74 Å². The van der Waals surface area contributed by atoms with Crippen molar-refractivity contribution in [1.82, 2.24) is 15.5 Å². The zero-order chi connectivity index (χ0) is 11.8. The highest BCUT2D eigenvalue weighted by Gasteiger charge is 2.16. The molecule has 6 nitrogen and oxygen atoms in total. The monoisotopic (exact) mass is 229 g/mol. The zero-order valence-electron chi connectivity index (χ0n) is 9.62. The van der Waals surface area contributed by atoms with Crippen LogP contribution < -0.4 is 10.6 Å². The quantitative estimate of drug-likeness (QED) is 0.606. The maximum absolute atomic E-state index is 11.6. The van der Waals surface area contributed by atoms with Gasteiger partial charge in [0, 0.05) is 32.8 Å². The van der Waals surface area contributed by atoms with Crippen LogP contribution in [0.3, 0.4) is 0 Å². The van der Waals surface area contributed by atoms with Gasteiger partial charge in [-0.15, -0.1) is 0 Å². The topological polar surface area (TPSA) is 70.7 Å². The minimum Gasteiger partial charge on any atom is -0.372 e. The molecule has 0 unspecified atom stereocenters. The Bertz CT molecular complexity index is 239. The van der Waals surface area contributed by atoms with Crippen molar-refractivity contribution in [3.05, 3.63) is 0 Å². The SMILES string of the molecule is CCOCC(=O)NCC(=O)N1CCNCC1. The van der Waals surface area contributed by atoms with Crippen LogP contribution >= 0.6 is 0 Å². The Morgan fingerprint density at radius 3 is 2.69 bits per heavy atom. The lowest BCUT2D eigenvalue weighted by Crippen LogP contribution is -2.49. The van der Waals surface area contributed by atoms with Crippen LogP contribution in [0.15, 0.2) is 0 Å². The summed E-state index contributed by atoms with van der Waals surface area (Å²) in [7, 11) is 0. The fraction of sp³-hybridized carbons (Fsp3) is 0.800. The molecule has 1 heterocycles. The van der Waals surface area contributed by atoms with Crippen LogP contribution in [0.5, 0.6) is 0 Å². The van der Waals surface area contributed by atoms with Crippen molar-refractivity contribution >= 4 is 11.8 Å². The number of nitrogens with one attached hydrogen (secondary N) is 2. The molecule has 92 valence electrons. The first kappa shape index (κ1) is 12.9. The lowest BCUT2D eigenvalue weighted by atomic mass is 10.3. The molecule has 0 spiro atoms. The highest BCUT2D eigenvalue weighted by molar-refractivity contribution is 5.85. The van der Waals surface area contributed by atoms with E-state index >= 15 is 0 Å². The second-order valence-corrected chi connectivity index (χ2v) is 3.54. The Morgan fingerprint density at radius 1 is 1.38 bits per heavy atom. The Morgan fingerprint density at radius 2 is 2.06 bits per heavy atom. The second kappa shape index (κ2) is 7.19. The predicted molar refractivity (Wildman–Crippen MR) is 59.0 cm³/mol. The van der Waals surface area contributed by atoms with Crippen molar-refractivity contribution in [2.45, 2.75) is 6.92 Å².